The Bertz CT molecular complexity index is 402. The largest absolute Gasteiger partial charge is 0.470 e. The van der Waals surface area contributed by atoms with Crippen LogP contribution in [0.2, 0.25) is 0 Å². The van der Waals surface area contributed by atoms with Gasteiger partial charge < -0.3 is 4.74 Å². The van der Waals surface area contributed by atoms with Crippen molar-refractivity contribution in [3.05, 3.63) is 17.3 Å². The Balaban J connectivity index is 2.80. The molecular weight excluding hydrogens is 218 g/mol. The van der Waals surface area contributed by atoms with Gasteiger partial charge in [-0.3, -0.25) is 4.79 Å². The van der Waals surface area contributed by atoms with Gasteiger partial charge >= 0.3 is 0 Å². The van der Waals surface area contributed by atoms with Crippen molar-refractivity contribution in [2.24, 2.45) is 0 Å². The average Bonchev–Trinajstić information content (AvgIpc) is 2.14. The van der Waals surface area contributed by atoms with E-state index in [0.717, 1.165) is 6.92 Å². The first-order valence-electron chi connectivity index (χ1n) is 4.65. The number of Topliss-reactive ketones (excluding diaryl/α,β-unsaturated/α-hetero) is 1. The number of carbonyl (C=O) groups is 1. The number of hydrogen-bond acceptors (Lipinski definition) is 4. The van der Waals surface area contributed by atoms with Crippen LogP contribution < -0.4 is 4.74 Å². The molecule has 0 N–H and O–H groups in total. The van der Waals surface area contributed by atoms with Crippen LogP contribution in [-0.2, 0) is 0 Å². The Morgan fingerprint density at radius 1 is 1.50 bits per heavy atom. The number of ketones is 1. The molecule has 0 bridgehead atoms. The van der Waals surface area contributed by atoms with Crippen LogP contribution in [-0.4, -0.2) is 28.5 Å². The normalized spacial score (nSPS) is 11.3. The summed E-state index contributed by atoms with van der Waals surface area (Å²) < 4.78 is 29.8. The van der Waals surface area contributed by atoms with Gasteiger partial charge in [-0.1, -0.05) is 0 Å². The van der Waals surface area contributed by atoms with Crippen LogP contribution in [0.25, 0.3) is 0 Å². The monoisotopic (exact) mass is 230 g/mol. The predicted molar refractivity (Wildman–Crippen MR) is 52.9 cm³/mol. The van der Waals surface area contributed by atoms with Gasteiger partial charge in [-0.2, -0.15) is 0 Å². The van der Waals surface area contributed by atoms with Crippen LogP contribution >= 0.6 is 0 Å². The highest BCUT2D eigenvalue weighted by molar-refractivity contribution is 5.92. The average molecular weight is 230 g/mol. The fourth-order valence-corrected chi connectivity index (χ4v) is 0.984. The maximum atomic E-state index is 12.5. The standard InChI is InChI=1S/C10H12F2N2O2/c1-6-4-8(7(2)15)13-14-9(6)16-5-10(3,11)12/h4H,5H2,1-3H3. The van der Waals surface area contributed by atoms with Gasteiger partial charge in [-0.25, -0.2) is 8.78 Å². The Morgan fingerprint density at radius 2 is 2.12 bits per heavy atom. The van der Waals surface area contributed by atoms with Gasteiger partial charge in [0.1, 0.15) is 5.69 Å². The lowest BCUT2D eigenvalue weighted by Crippen LogP contribution is -2.22. The molecule has 0 saturated heterocycles. The van der Waals surface area contributed by atoms with E-state index in [-0.39, 0.29) is 17.4 Å². The minimum atomic E-state index is -2.92. The van der Waals surface area contributed by atoms with Gasteiger partial charge in [0, 0.05) is 19.4 Å². The minimum Gasteiger partial charge on any atom is -0.470 e. The number of carbonyl (C=O) groups excluding carboxylic acids is 1. The quantitative estimate of drug-likeness (QED) is 0.742. The van der Waals surface area contributed by atoms with E-state index in [9.17, 15) is 13.6 Å². The van der Waals surface area contributed by atoms with E-state index in [0.29, 0.717) is 5.56 Å². The van der Waals surface area contributed by atoms with E-state index in [2.05, 4.69) is 10.2 Å². The third-order valence-corrected chi connectivity index (χ3v) is 1.76. The smallest absolute Gasteiger partial charge is 0.278 e. The summed E-state index contributed by atoms with van der Waals surface area (Å²) in [5, 5.41) is 7.15. The van der Waals surface area contributed by atoms with Gasteiger partial charge in [0.05, 0.1) is 0 Å². The van der Waals surface area contributed by atoms with Crippen LogP contribution in [0.5, 0.6) is 5.88 Å². The second-order valence-corrected chi connectivity index (χ2v) is 3.63. The molecule has 0 atom stereocenters. The number of ether oxygens (including phenoxy) is 1. The molecule has 0 aromatic carbocycles. The zero-order valence-electron chi connectivity index (χ0n) is 9.25. The van der Waals surface area contributed by atoms with Crippen LogP contribution in [0, 0.1) is 6.92 Å². The van der Waals surface area contributed by atoms with Crippen molar-refractivity contribution in [1.29, 1.82) is 0 Å². The molecule has 0 fully saturated rings. The highest BCUT2D eigenvalue weighted by Crippen LogP contribution is 2.18. The molecule has 0 aliphatic rings. The van der Waals surface area contributed by atoms with Gasteiger partial charge in [0.2, 0.25) is 5.88 Å². The number of halogens is 2. The Kier molecular flexibility index (Phi) is 3.51. The molecule has 0 radical (unpaired) electrons. The molecule has 4 nitrogen and oxygen atoms in total. The van der Waals surface area contributed by atoms with E-state index in [1.165, 1.54) is 13.0 Å². The second kappa shape index (κ2) is 4.51. The van der Waals surface area contributed by atoms with Crippen LogP contribution in [0.1, 0.15) is 29.9 Å². The third kappa shape index (κ3) is 3.52. The van der Waals surface area contributed by atoms with Crippen LogP contribution in [0.15, 0.2) is 6.07 Å². The first kappa shape index (κ1) is 12.5. The molecule has 1 heterocycles. The molecule has 6 heteroatoms. The summed E-state index contributed by atoms with van der Waals surface area (Å²) in [5.74, 6) is -3.14. The van der Waals surface area contributed by atoms with Crippen molar-refractivity contribution in [2.45, 2.75) is 26.7 Å². The Hall–Kier alpha value is -1.59. The van der Waals surface area contributed by atoms with Gasteiger partial charge in [-0.15, -0.1) is 10.2 Å². The maximum absolute atomic E-state index is 12.5. The molecule has 88 valence electrons. The summed E-state index contributed by atoms with van der Waals surface area (Å²) in [6.07, 6.45) is 0. The molecule has 1 aromatic rings. The Labute approximate surface area is 91.6 Å². The van der Waals surface area contributed by atoms with Crippen molar-refractivity contribution < 1.29 is 18.3 Å². The van der Waals surface area contributed by atoms with Gasteiger partial charge in [0.25, 0.3) is 5.92 Å². The van der Waals surface area contributed by atoms with Crippen molar-refractivity contribution in [2.75, 3.05) is 6.61 Å². The molecular formula is C10H12F2N2O2. The Morgan fingerprint density at radius 3 is 2.56 bits per heavy atom. The molecule has 0 spiro atoms. The lowest BCUT2D eigenvalue weighted by Gasteiger charge is -2.12. The SMILES string of the molecule is CC(=O)c1cc(C)c(OCC(C)(F)F)nn1. The molecule has 1 aromatic heterocycles. The first-order valence-corrected chi connectivity index (χ1v) is 4.65. The number of aromatic nitrogens is 2. The summed E-state index contributed by atoms with van der Waals surface area (Å²) in [7, 11) is 0. The van der Waals surface area contributed by atoms with Crippen molar-refractivity contribution in [1.82, 2.24) is 10.2 Å². The van der Waals surface area contributed by atoms with Crippen LogP contribution in [0.4, 0.5) is 8.78 Å². The van der Waals surface area contributed by atoms with E-state index < -0.39 is 12.5 Å². The first-order chi connectivity index (χ1) is 7.29. The number of nitrogens with zero attached hydrogens (tertiary/aromatic N) is 2. The number of hydrogen-bond donors (Lipinski definition) is 0. The summed E-state index contributed by atoms with van der Waals surface area (Å²) in [5.41, 5.74) is 0.692. The molecule has 0 saturated carbocycles. The summed E-state index contributed by atoms with van der Waals surface area (Å²) in [6, 6.07) is 1.46. The predicted octanol–water partition coefficient (Wildman–Crippen LogP) is 2.02. The molecule has 16 heavy (non-hydrogen) atoms. The fourth-order valence-electron chi connectivity index (χ4n) is 0.984. The molecule has 0 unspecified atom stereocenters. The summed E-state index contributed by atoms with van der Waals surface area (Å²) in [4.78, 5) is 11.0. The number of rotatable bonds is 4. The lowest BCUT2D eigenvalue weighted by atomic mass is 10.2. The summed E-state index contributed by atoms with van der Waals surface area (Å²) in [6.45, 7) is 2.95. The molecule has 0 aliphatic heterocycles. The lowest BCUT2D eigenvalue weighted by molar-refractivity contribution is -0.0247. The number of aryl methyl sites for hydroxylation is 1. The molecule has 0 aliphatic carbocycles. The van der Waals surface area contributed by atoms with Crippen molar-refractivity contribution in [3.63, 3.8) is 0 Å². The zero-order chi connectivity index (χ0) is 12.3. The van der Waals surface area contributed by atoms with E-state index in [1.807, 2.05) is 0 Å². The maximum Gasteiger partial charge on any atom is 0.278 e. The third-order valence-electron chi connectivity index (χ3n) is 1.76. The topological polar surface area (TPSA) is 52.1 Å². The van der Waals surface area contributed by atoms with Crippen LogP contribution in [0.3, 0.4) is 0 Å². The minimum absolute atomic E-state index is 0.0199. The zero-order valence-corrected chi connectivity index (χ0v) is 9.25. The fraction of sp³-hybridized carbons (Fsp3) is 0.500. The van der Waals surface area contributed by atoms with Gasteiger partial charge in [0.15, 0.2) is 12.4 Å². The van der Waals surface area contributed by atoms with Crippen molar-refractivity contribution in [3.8, 4) is 5.88 Å². The van der Waals surface area contributed by atoms with E-state index in [4.69, 9.17) is 4.74 Å². The van der Waals surface area contributed by atoms with Crippen molar-refractivity contribution >= 4 is 5.78 Å². The number of alkyl halides is 2. The highest BCUT2D eigenvalue weighted by Gasteiger charge is 2.23. The summed E-state index contributed by atoms with van der Waals surface area (Å²) >= 11 is 0. The van der Waals surface area contributed by atoms with Gasteiger partial charge in [-0.05, 0) is 13.0 Å². The van der Waals surface area contributed by atoms with E-state index >= 15 is 0 Å². The van der Waals surface area contributed by atoms with E-state index in [1.54, 1.807) is 6.92 Å². The second-order valence-electron chi connectivity index (χ2n) is 3.63. The molecule has 0 amide bonds. The highest BCUT2D eigenvalue weighted by atomic mass is 19.3. The molecule has 1 rings (SSSR count).